The summed E-state index contributed by atoms with van der Waals surface area (Å²) < 4.78 is 6.09. The molecule has 4 heteroatoms. The number of hydrogen-bond acceptors (Lipinski definition) is 2. The molecule has 2 rings (SSSR count). The Labute approximate surface area is 103 Å². The highest BCUT2D eigenvalue weighted by atomic mass is 79.9. The highest BCUT2D eigenvalue weighted by Gasteiger charge is 2.17. The monoisotopic (exact) mass is 283 g/mol. The Balaban J connectivity index is 1.90. The van der Waals surface area contributed by atoms with E-state index in [-0.39, 0.29) is 5.91 Å². The van der Waals surface area contributed by atoms with E-state index in [0.717, 1.165) is 24.1 Å². The zero-order chi connectivity index (χ0) is 11.4. The van der Waals surface area contributed by atoms with Crippen LogP contribution in [0, 0.1) is 5.92 Å². The molecule has 3 nitrogen and oxygen atoms in total. The summed E-state index contributed by atoms with van der Waals surface area (Å²) in [6, 6.07) is 7.43. The van der Waals surface area contributed by atoms with E-state index in [1.807, 2.05) is 24.3 Å². The zero-order valence-corrected chi connectivity index (χ0v) is 10.5. The van der Waals surface area contributed by atoms with Gasteiger partial charge in [0.05, 0.1) is 12.2 Å². The van der Waals surface area contributed by atoms with Crippen molar-refractivity contribution in [2.75, 3.05) is 19.8 Å². The quantitative estimate of drug-likeness (QED) is 0.924. The number of rotatable bonds is 3. The molecule has 86 valence electrons. The summed E-state index contributed by atoms with van der Waals surface area (Å²) in [6.45, 7) is 2.27. The highest BCUT2D eigenvalue weighted by molar-refractivity contribution is 9.10. The molecule has 1 atom stereocenters. The molecule has 0 spiro atoms. The average Bonchev–Trinajstić information content (AvgIpc) is 2.79. The Kier molecular flexibility index (Phi) is 3.96. The molecule has 1 saturated heterocycles. The van der Waals surface area contributed by atoms with Crippen molar-refractivity contribution < 1.29 is 9.53 Å². The second-order valence-corrected chi connectivity index (χ2v) is 4.77. The molecule has 1 unspecified atom stereocenters. The zero-order valence-electron chi connectivity index (χ0n) is 8.91. The van der Waals surface area contributed by atoms with Gasteiger partial charge in [-0.2, -0.15) is 0 Å². The molecular formula is C12H14BrNO2. The summed E-state index contributed by atoms with van der Waals surface area (Å²) in [5.74, 6) is 0.436. The molecule has 0 aromatic heterocycles. The molecule has 0 aliphatic carbocycles. The fourth-order valence-corrected chi connectivity index (χ4v) is 2.19. The van der Waals surface area contributed by atoms with Gasteiger partial charge in [-0.3, -0.25) is 4.79 Å². The van der Waals surface area contributed by atoms with Gasteiger partial charge in [-0.15, -0.1) is 0 Å². The van der Waals surface area contributed by atoms with Crippen LogP contribution < -0.4 is 5.32 Å². The first-order chi connectivity index (χ1) is 7.77. The number of benzene rings is 1. The normalized spacial score (nSPS) is 19.7. The van der Waals surface area contributed by atoms with Gasteiger partial charge in [0.1, 0.15) is 0 Å². The smallest absolute Gasteiger partial charge is 0.252 e. The van der Waals surface area contributed by atoms with E-state index >= 15 is 0 Å². The lowest BCUT2D eigenvalue weighted by Gasteiger charge is -2.10. The van der Waals surface area contributed by atoms with E-state index in [0.29, 0.717) is 18.0 Å². The van der Waals surface area contributed by atoms with Gasteiger partial charge in [0.15, 0.2) is 0 Å². The average molecular weight is 284 g/mol. The second kappa shape index (κ2) is 5.46. The van der Waals surface area contributed by atoms with Crippen molar-refractivity contribution in [3.63, 3.8) is 0 Å². The third-order valence-electron chi connectivity index (χ3n) is 2.69. The Bertz CT molecular complexity index is 375. The second-order valence-electron chi connectivity index (χ2n) is 3.92. The van der Waals surface area contributed by atoms with Gasteiger partial charge in [-0.05, 0) is 34.5 Å². The lowest BCUT2D eigenvalue weighted by atomic mass is 10.1. The summed E-state index contributed by atoms with van der Waals surface area (Å²) in [6.07, 6.45) is 1.04. The molecule has 1 N–H and O–H groups in total. The molecule has 1 aliphatic rings. The molecule has 1 heterocycles. The molecular weight excluding hydrogens is 270 g/mol. The first kappa shape index (κ1) is 11.6. The standard InChI is InChI=1S/C12H14BrNO2/c13-11-4-2-1-3-10(11)12(15)14-7-9-5-6-16-8-9/h1-4,9H,5-8H2,(H,14,15). The van der Waals surface area contributed by atoms with Crippen molar-refractivity contribution in [1.82, 2.24) is 5.32 Å². The van der Waals surface area contributed by atoms with E-state index in [1.54, 1.807) is 0 Å². The Morgan fingerprint density at radius 3 is 3.00 bits per heavy atom. The fourth-order valence-electron chi connectivity index (χ4n) is 1.72. The van der Waals surface area contributed by atoms with Crippen molar-refractivity contribution in [2.24, 2.45) is 5.92 Å². The van der Waals surface area contributed by atoms with Crippen LogP contribution in [0.5, 0.6) is 0 Å². The number of amides is 1. The number of nitrogens with one attached hydrogen (secondary N) is 1. The number of hydrogen-bond donors (Lipinski definition) is 1. The van der Waals surface area contributed by atoms with Gasteiger partial charge >= 0.3 is 0 Å². The highest BCUT2D eigenvalue weighted by Crippen LogP contribution is 2.16. The first-order valence-corrected chi connectivity index (χ1v) is 6.17. The number of carbonyl (C=O) groups excluding carboxylic acids is 1. The van der Waals surface area contributed by atoms with E-state index < -0.39 is 0 Å². The van der Waals surface area contributed by atoms with Crippen LogP contribution in [-0.2, 0) is 4.74 Å². The Morgan fingerprint density at radius 2 is 2.31 bits per heavy atom. The van der Waals surface area contributed by atoms with E-state index in [4.69, 9.17) is 4.74 Å². The summed E-state index contributed by atoms with van der Waals surface area (Å²) in [7, 11) is 0. The number of ether oxygens (including phenoxy) is 1. The molecule has 1 fully saturated rings. The Hall–Kier alpha value is -0.870. The summed E-state index contributed by atoms with van der Waals surface area (Å²) in [4.78, 5) is 11.8. The van der Waals surface area contributed by atoms with Gasteiger partial charge in [-0.1, -0.05) is 12.1 Å². The van der Waals surface area contributed by atoms with Crippen LogP contribution in [0.3, 0.4) is 0 Å². The maximum atomic E-state index is 11.8. The van der Waals surface area contributed by atoms with Crippen LogP contribution in [-0.4, -0.2) is 25.7 Å². The van der Waals surface area contributed by atoms with Crippen molar-refractivity contribution in [1.29, 1.82) is 0 Å². The first-order valence-electron chi connectivity index (χ1n) is 5.38. The van der Waals surface area contributed by atoms with Crippen LogP contribution in [0.25, 0.3) is 0 Å². The number of carbonyl (C=O) groups is 1. The van der Waals surface area contributed by atoms with E-state index in [2.05, 4.69) is 21.2 Å². The van der Waals surface area contributed by atoms with Crippen LogP contribution >= 0.6 is 15.9 Å². The molecule has 16 heavy (non-hydrogen) atoms. The third kappa shape index (κ3) is 2.83. The van der Waals surface area contributed by atoms with Crippen LogP contribution in [0.4, 0.5) is 0 Å². The topological polar surface area (TPSA) is 38.3 Å². The molecule has 1 amide bonds. The number of halogens is 1. The molecule has 0 radical (unpaired) electrons. The van der Waals surface area contributed by atoms with Gasteiger partial charge in [0, 0.05) is 23.5 Å². The maximum Gasteiger partial charge on any atom is 0.252 e. The van der Waals surface area contributed by atoms with Crippen LogP contribution in [0.2, 0.25) is 0 Å². The predicted octanol–water partition coefficient (Wildman–Crippen LogP) is 2.22. The van der Waals surface area contributed by atoms with E-state index in [1.165, 1.54) is 0 Å². The van der Waals surface area contributed by atoms with Gasteiger partial charge in [0.25, 0.3) is 5.91 Å². The van der Waals surface area contributed by atoms with E-state index in [9.17, 15) is 4.79 Å². The summed E-state index contributed by atoms with van der Waals surface area (Å²) in [5.41, 5.74) is 0.682. The molecule has 0 saturated carbocycles. The fraction of sp³-hybridized carbons (Fsp3) is 0.417. The summed E-state index contributed by atoms with van der Waals surface area (Å²) >= 11 is 3.36. The molecule has 1 aliphatic heterocycles. The SMILES string of the molecule is O=C(NCC1CCOC1)c1ccccc1Br. The molecule has 1 aromatic carbocycles. The van der Waals surface area contributed by atoms with Crippen LogP contribution in [0.15, 0.2) is 28.7 Å². The van der Waals surface area contributed by atoms with Gasteiger partial charge in [0.2, 0.25) is 0 Å². The van der Waals surface area contributed by atoms with Crippen molar-refractivity contribution in [3.05, 3.63) is 34.3 Å². The lowest BCUT2D eigenvalue weighted by Crippen LogP contribution is -2.29. The minimum Gasteiger partial charge on any atom is -0.381 e. The predicted molar refractivity (Wildman–Crippen MR) is 65.4 cm³/mol. The van der Waals surface area contributed by atoms with Crippen molar-refractivity contribution in [3.8, 4) is 0 Å². The lowest BCUT2D eigenvalue weighted by molar-refractivity contribution is 0.0944. The summed E-state index contributed by atoms with van der Waals surface area (Å²) in [5, 5.41) is 2.93. The molecule has 1 aromatic rings. The molecule has 0 bridgehead atoms. The third-order valence-corrected chi connectivity index (χ3v) is 3.39. The Morgan fingerprint density at radius 1 is 1.50 bits per heavy atom. The van der Waals surface area contributed by atoms with Crippen molar-refractivity contribution >= 4 is 21.8 Å². The van der Waals surface area contributed by atoms with Crippen molar-refractivity contribution in [2.45, 2.75) is 6.42 Å². The largest absolute Gasteiger partial charge is 0.381 e. The van der Waals surface area contributed by atoms with Gasteiger partial charge in [-0.25, -0.2) is 0 Å². The van der Waals surface area contributed by atoms with Crippen LogP contribution in [0.1, 0.15) is 16.8 Å². The minimum atomic E-state index is -0.0284. The minimum absolute atomic E-state index is 0.0284. The maximum absolute atomic E-state index is 11.8. The van der Waals surface area contributed by atoms with Gasteiger partial charge < -0.3 is 10.1 Å².